The predicted octanol–water partition coefficient (Wildman–Crippen LogP) is 7.15. The van der Waals surface area contributed by atoms with Crippen molar-refractivity contribution in [2.24, 2.45) is 0 Å². The van der Waals surface area contributed by atoms with Gasteiger partial charge in [0.05, 0.1) is 31.0 Å². The summed E-state index contributed by atoms with van der Waals surface area (Å²) in [5, 5.41) is 32.9. The van der Waals surface area contributed by atoms with E-state index in [2.05, 4.69) is 32.0 Å². The first-order valence-electron chi connectivity index (χ1n) is 11.7. The fourth-order valence-corrected chi connectivity index (χ4v) is 5.78. The Morgan fingerprint density at radius 3 is 1.71 bits per heavy atom. The minimum absolute atomic E-state index is 0.0398. The van der Waals surface area contributed by atoms with Crippen LogP contribution in [0.3, 0.4) is 0 Å². The van der Waals surface area contributed by atoms with E-state index < -0.39 is 0 Å². The van der Waals surface area contributed by atoms with Gasteiger partial charge < -0.3 is 0 Å². The van der Waals surface area contributed by atoms with E-state index in [-0.39, 0.29) is 11.4 Å². The molecule has 0 fully saturated rings. The quantitative estimate of drug-likeness (QED) is 0.170. The number of nitriles is 2. The molecule has 0 aliphatic heterocycles. The van der Waals surface area contributed by atoms with Gasteiger partial charge in [0.2, 0.25) is 0 Å². The van der Waals surface area contributed by atoms with Gasteiger partial charge in [-0.3, -0.25) is 0 Å². The fraction of sp³-hybridized carbons (Fsp3) is 0. The highest BCUT2D eigenvalue weighted by molar-refractivity contribution is 6.19. The number of hydrogen-bond donors (Lipinski definition) is 0. The minimum atomic E-state index is -0.0761. The van der Waals surface area contributed by atoms with Crippen LogP contribution < -0.4 is 0 Å². The molecule has 6 heteroatoms. The number of aromatic nitrogens is 2. The van der Waals surface area contributed by atoms with Gasteiger partial charge in [-0.1, -0.05) is 72.8 Å². The number of nitrogens with zero attached hydrogens (tertiary/aromatic N) is 6. The van der Waals surface area contributed by atoms with Crippen LogP contribution in [-0.2, 0) is 0 Å². The average molecular weight is 480 g/mol. The summed E-state index contributed by atoms with van der Waals surface area (Å²) in [6.45, 7) is 15.6. The van der Waals surface area contributed by atoms with Crippen LogP contribution in [0.1, 0.15) is 22.4 Å². The molecule has 5 aromatic rings. The third kappa shape index (κ3) is 2.56. The highest BCUT2D eigenvalue weighted by Gasteiger charge is 2.39. The molecule has 0 spiro atoms. The Morgan fingerprint density at radius 2 is 1.11 bits per heavy atom. The van der Waals surface area contributed by atoms with Crippen molar-refractivity contribution in [3.05, 3.63) is 129 Å². The van der Waals surface area contributed by atoms with E-state index in [4.69, 9.17) is 13.1 Å². The molecule has 170 valence electrons. The largest absolute Gasteiger partial charge is 0.271 e. The lowest BCUT2D eigenvalue weighted by atomic mass is 9.92. The number of fused-ring (bicyclic) bond motifs is 11. The second-order valence-electron chi connectivity index (χ2n) is 8.96. The maximum Gasteiger partial charge on any atom is 0.271 e. The Labute approximate surface area is 217 Å². The molecule has 0 saturated heterocycles. The van der Waals surface area contributed by atoms with E-state index in [0.29, 0.717) is 33.7 Å². The molecule has 0 radical (unpaired) electrons. The van der Waals surface area contributed by atoms with Gasteiger partial charge >= 0.3 is 0 Å². The van der Waals surface area contributed by atoms with Crippen molar-refractivity contribution in [3.63, 3.8) is 0 Å². The van der Waals surface area contributed by atoms with Crippen LogP contribution in [0.25, 0.3) is 64.8 Å². The van der Waals surface area contributed by atoms with Crippen LogP contribution in [0.4, 0.5) is 0 Å². The maximum atomic E-state index is 10.1. The smallest absolute Gasteiger partial charge is 0.226 e. The van der Waals surface area contributed by atoms with Crippen LogP contribution in [0.15, 0.2) is 84.2 Å². The summed E-state index contributed by atoms with van der Waals surface area (Å²) < 4.78 is 0. The molecule has 6 nitrogen and oxygen atoms in total. The third-order valence-corrected chi connectivity index (χ3v) is 7.25. The van der Waals surface area contributed by atoms with Gasteiger partial charge in [0.25, 0.3) is 11.4 Å². The molecule has 0 saturated carbocycles. The van der Waals surface area contributed by atoms with E-state index in [0.717, 1.165) is 43.8 Å². The molecule has 0 bridgehead atoms. The number of hydrogen-bond acceptors (Lipinski definition) is 4. The lowest BCUT2D eigenvalue weighted by molar-refractivity contribution is 1.02. The normalized spacial score (nSPS) is 14.8. The zero-order valence-corrected chi connectivity index (χ0v) is 19.6. The van der Waals surface area contributed by atoms with Crippen molar-refractivity contribution < 1.29 is 0 Å². The molecule has 2 aliphatic rings. The molecule has 2 aliphatic carbocycles. The third-order valence-electron chi connectivity index (χ3n) is 7.25. The Balaban J connectivity index is 1.72. The van der Waals surface area contributed by atoms with Crippen LogP contribution in [0.2, 0.25) is 0 Å². The summed E-state index contributed by atoms with van der Waals surface area (Å²) in [5.74, 6) is 0. The van der Waals surface area contributed by atoms with Crippen molar-refractivity contribution >= 4 is 32.7 Å². The molecule has 0 amide bonds. The maximum absolute atomic E-state index is 10.1. The lowest BCUT2D eigenvalue weighted by Gasteiger charge is -2.11. The summed E-state index contributed by atoms with van der Waals surface area (Å²) in [4.78, 5) is 7.16. The topological polar surface area (TPSA) is 82.1 Å². The van der Waals surface area contributed by atoms with E-state index >= 15 is 0 Å². The van der Waals surface area contributed by atoms with Gasteiger partial charge in [0, 0.05) is 27.8 Å². The molecule has 0 atom stereocenters. The van der Waals surface area contributed by atoms with Crippen LogP contribution in [0, 0.1) is 35.8 Å². The molecule has 1 heterocycles. The monoisotopic (exact) mass is 480 g/mol. The molecule has 38 heavy (non-hydrogen) atoms. The molecular weight excluding hydrogens is 468 g/mol. The first-order chi connectivity index (χ1) is 18.7. The molecule has 1 aromatic heterocycles. The summed E-state index contributed by atoms with van der Waals surface area (Å²) in [7, 11) is 0. The molecule has 0 unspecified atom stereocenters. The Bertz CT molecular complexity index is 2140. The van der Waals surface area contributed by atoms with Crippen LogP contribution in [0.5, 0.6) is 0 Å². The van der Waals surface area contributed by atoms with Gasteiger partial charge in [-0.2, -0.15) is 5.10 Å². The first-order valence-corrected chi connectivity index (χ1v) is 11.7. The average Bonchev–Trinajstić information content (AvgIpc) is 3.48. The van der Waals surface area contributed by atoms with E-state index in [1.807, 2.05) is 72.8 Å². The molecular formula is C32H12N6. The van der Waals surface area contributed by atoms with Crippen molar-refractivity contribution in [2.75, 3.05) is 0 Å². The second kappa shape index (κ2) is 7.71. The van der Waals surface area contributed by atoms with E-state index in [9.17, 15) is 10.5 Å². The Morgan fingerprint density at radius 1 is 0.579 bits per heavy atom. The van der Waals surface area contributed by atoms with Crippen molar-refractivity contribution in [3.8, 4) is 34.5 Å². The Hall–Kier alpha value is -6.08. The van der Waals surface area contributed by atoms with Crippen LogP contribution >= 0.6 is 0 Å². The number of allylic oxidation sites excluding steroid dienone is 2. The molecule has 4 aromatic carbocycles. The van der Waals surface area contributed by atoms with Gasteiger partial charge in [-0.15, -0.1) is 5.10 Å². The lowest BCUT2D eigenvalue weighted by Crippen LogP contribution is -1.98. The minimum Gasteiger partial charge on any atom is -0.226 e. The zero-order chi connectivity index (χ0) is 26.0. The molecule has 7 rings (SSSR count). The molecule has 0 N–H and O–H groups in total. The predicted molar refractivity (Wildman–Crippen MR) is 144 cm³/mol. The van der Waals surface area contributed by atoms with Gasteiger partial charge in [-0.05, 0) is 38.2 Å². The SMILES string of the molecule is [C-]#[N+]/C(C#N)=C1\c2c(nnc3c2-c2ccc4ccccc4c2/C3=C(/C#N)[N+]#[C-])-c2ccc3ccccc3c21. The Kier molecular flexibility index (Phi) is 4.31. The first kappa shape index (κ1) is 21.2. The number of rotatable bonds is 0. The van der Waals surface area contributed by atoms with Crippen molar-refractivity contribution in [2.45, 2.75) is 0 Å². The van der Waals surface area contributed by atoms with E-state index in [1.165, 1.54) is 0 Å². The van der Waals surface area contributed by atoms with Gasteiger partial charge in [-0.25, -0.2) is 20.2 Å². The van der Waals surface area contributed by atoms with Crippen molar-refractivity contribution in [1.82, 2.24) is 10.2 Å². The van der Waals surface area contributed by atoms with Gasteiger partial charge in [0.1, 0.15) is 5.69 Å². The summed E-state index contributed by atoms with van der Waals surface area (Å²) >= 11 is 0. The summed E-state index contributed by atoms with van der Waals surface area (Å²) in [6.07, 6.45) is 0. The van der Waals surface area contributed by atoms with E-state index in [1.54, 1.807) is 0 Å². The summed E-state index contributed by atoms with van der Waals surface area (Å²) in [6, 6.07) is 27.7. The fourth-order valence-electron chi connectivity index (χ4n) is 5.78. The second-order valence-corrected chi connectivity index (χ2v) is 8.96. The summed E-state index contributed by atoms with van der Waals surface area (Å²) in [5.41, 5.74) is 6.27. The van der Waals surface area contributed by atoms with Crippen molar-refractivity contribution in [1.29, 1.82) is 10.5 Å². The highest BCUT2D eigenvalue weighted by Crippen LogP contribution is 2.57. The number of benzene rings is 4. The zero-order valence-electron chi connectivity index (χ0n) is 19.6. The van der Waals surface area contributed by atoms with Gasteiger partial charge in [0.15, 0.2) is 0 Å². The highest BCUT2D eigenvalue weighted by atomic mass is 15.1. The van der Waals surface area contributed by atoms with Crippen LogP contribution in [-0.4, -0.2) is 10.2 Å². The standard InChI is InChI=1S/C32H12N6/c1-35-23(15-33)28-26-20-10-6-4-8-18(20)12-14-22(26)31-30(28)27-21-13-11-17-7-3-5-9-19(17)25(21)29(24(16-34)36-2)32(27)38-37-31/h3-14H/b28-23-,29-24+.